The zero-order chi connectivity index (χ0) is 12.3. The molecule has 0 amide bonds. The van der Waals surface area contributed by atoms with Gasteiger partial charge in [-0.15, -0.1) is 0 Å². The molecule has 1 saturated heterocycles. The second-order valence-electron chi connectivity index (χ2n) is 5.97. The molecule has 2 N–H and O–H groups in total. The molecule has 1 saturated carbocycles. The minimum atomic E-state index is 0.665. The van der Waals surface area contributed by atoms with E-state index in [2.05, 4.69) is 23.8 Å². The maximum atomic E-state index is 5.77. The van der Waals surface area contributed by atoms with Crippen LogP contribution in [0.4, 0.5) is 0 Å². The topological polar surface area (TPSA) is 32.5 Å². The van der Waals surface area contributed by atoms with Crippen LogP contribution in [0.15, 0.2) is 0 Å². The first-order chi connectivity index (χ1) is 8.22. The van der Waals surface area contributed by atoms with Crippen molar-refractivity contribution in [3.63, 3.8) is 0 Å². The van der Waals surface area contributed by atoms with Crippen molar-refractivity contribution in [2.75, 3.05) is 26.7 Å². The average Bonchev–Trinajstić information content (AvgIpc) is 2.81. The van der Waals surface area contributed by atoms with Gasteiger partial charge in [-0.2, -0.15) is 0 Å². The predicted octanol–water partition coefficient (Wildman–Crippen LogP) is 1.67. The highest BCUT2D eigenvalue weighted by Gasteiger charge is 2.30. The summed E-state index contributed by atoms with van der Waals surface area (Å²) in [7, 11) is 2.28. The summed E-state index contributed by atoms with van der Waals surface area (Å²) in [5.74, 6) is 0. The molecule has 2 rings (SSSR count). The fraction of sp³-hybridized carbons (Fsp3) is 1.00. The molecule has 3 nitrogen and oxygen atoms in total. The minimum absolute atomic E-state index is 0.665. The van der Waals surface area contributed by atoms with Gasteiger partial charge in [0.1, 0.15) is 0 Å². The Bertz CT molecular complexity index is 226. The molecule has 1 aliphatic heterocycles. The van der Waals surface area contributed by atoms with Gasteiger partial charge in [0.2, 0.25) is 0 Å². The third kappa shape index (κ3) is 3.21. The standard InChI is InChI=1S/C14H29N3/c1-12-8-10-17(13-5-3-4-6-13)11-14(7-9-15)16(12)2/h12-14H,3-11,15H2,1-2H3. The number of nitrogens with two attached hydrogens (primary N) is 1. The molecule has 0 aromatic rings. The van der Waals surface area contributed by atoms with Crippen molar-refractivity contribution in [3.8, 4) is 0 Å². The zero-order valence-electron chi connectivity index (χ0n) is 11.6. The molecule has 2 aliphatic rings. The van der Waals surface area contributed by atoms with Crippen LogP contribution in [0.1, 0.15) is 45.4 Å². The lowest BCUT2D eigenvalue weighted by atomic mass is 10.1. The number of rotatable bonds is 3. The van der Waals surface area contributed by atoms with Gasteiger partial charge in [-0.25, -0.2) is 0 Å². The predicted molar refractivity (Wildman–Crippen MR) is 73.1 cm³/mol. The van der Waals surface area contributed by atoms with Crippen molar-refractivity contribution in [2.45, 2.75) is 63.6 Å². The van der Waals surface area contributed by atoms with Crippen molar-refractivity contribution in [2.24, 2.45) is 5.73 Å². The van der Waals surface area contributed by atoms with Crippen LogP contribution in [0.25, 0.3) is 0 Å². The molecule has 100 valence electrons. The molecule has 0 aromatic heterocycles. The van der Waals surface area contributed by atoms with Crippen LogP contribution in [-0.4, -0.2) is 54.6 Å². The summed E-state index contributed by atoms with van der Waals surface area (Å²) in [5, 5.41) is 0. The molecular formula is C14H29N3. The number of nitrogens with zero attached hydrogens (tertiary/aromatic N) is 2. The second-order valence-corrected chi connectivity index (χ2v) is 5.97. The first-order valence-corrected chi connectivity index (χ1v) is 7.38. The molecule has 17 heavy (non-hydrogen) atoms. The molecule has 1 aliphatic carbocycles. The third-order valence-electron chi connectivity index (χ3n) is 4.89. The molecule has 2 unspecified atom stereocenters. The highest BCUT2D eigenvalue weighted by molar-refractivity contribution is 4.87. The smallest absolute Gasteiger partial charge is 0.0235 e. The van der Waals surface area contributed by atoms with E-state index < -0.39 is 0 Å². The van der Waals surface area contributed by atoms with Crippen molar-refractivity contribution >= 4 is 0 Å². The summed E-state index contributed by atoms with van der Waals surface area (Å²) in [5.41, 5.74) is 5.77. The Kier molecular flexibility index (Phi) is 4.83. The van der Waals surface area contributed by atoms with E-state index in [9.17, 15) is 0 Å². The van der Waals surface area contributed by atoms with Crippen LogP contribution in [0, 0.1) is 0 Å². The molecule has 0 bridgehead atoms. The Morgan fingerprint density at radius 1 is 1.18 bits per heavy atom. The van der Waals surface area contributed by atoms with E-state index in [1.54, 1.807) is 0 Å². The highest BCUT2D eigenvalue weighted by atomic mass is 15.3. The van der Waals surface area contributed by atoms with E-state index in [1.807, 2.05) is 0 Å². The molecule has 3 heteroatoms. The van der Waals surface area contributed by atoms with Gasteiger partial charge in [-0.05, 0) is 52.7 Å². The fourth-order valence-corrected chi connectivity index (χ4v) is 3.50. The lowest BCUT2D eigenvalue weighted by Gasteiger charge is -2.33. The van der Waals surface area contributed by atoms with Crippen molar-refractivity contribution in [1.29, 1.82) is 0 Å². The highest BCUT2D eigenvalue weighted by Crippen LogP contribution is 2.27. The SMILES string of the molecule is CC1CCN(C2CCCC2)CC(CCN)N1C. The molecule has 1 heterocycles. The van der Waals surface area contributed by atoms with E-state index >= 15 is 0 Å². The first-order valence-electron chi connectivity index (χ1n) is 7.38. The largest absolute Gasteiger partial charge is 0.330 e. The van der Waals surface area contributed by atoms with Crippen molar-refractivity contribution < 1.29 is 0 Å². The molecular weight excluding hydrogens is 210 g/mol. The van der Waals surface area contributed by atoms with Gasteiger partial charge < -0.3 is 5.73 Å². The normalized spacial score (nSPS) is 34.1. The number of hydrogen-bond donors (Lipinski definition) is 1. The van der Waals surface area contributed by atoms with E-state index in [0.717, 1.165) is 19.0 Å². The number of likely N-dealkylation sites (N-methyl/N-ethyl adjacent to an activating group) is 1. The van der Waals surface area contributed by atoms with E-state index in [4.69, 9.17) is 5.73 Å². The first kappa shape index (κ1) is 13.3. The summed E-state index contributed by atoms with van der Waals surface area (Å²) < 4.78 is 0. The Labute approximate surface area is 106 Å². The van der Waals surface area contributed by atoms with Gasteiger partial charge in [0.05, 0.1) is 0 Å². The lowest BCUT2D eigenvalue weighted by Crippen LogP contribution is -2.44. The van der Waals surface area contributed by atoms with Crippen LogP contribution in [-0.2, 0) is 0 Å². The molecule has 2 atom stereocenters. The van der Waals surface area contributed by atoms with Gasteiger partial charge in [-0.1, -0.05) is 12.8 Å². The van der Waals surface area contributed by atoms with Crippen LogP contribution >= 0.6 is 0 Å². The molecule has 2 fully saturated rings. The third-order valence-corrected chi connectivity index (χ3v) is 4.89. The summed E-state index contributed by atoms with van der Waals surface area (Å²) in [6, 6.07) is 2.24. The minimum Gasteiger partial charge on any atom is -0.330 e. The summed E-state index contributed by atoms with van der Waals surface area (Å²) in [4.78, 5) is 5.31. The van der Waals surface area contributed by atoms with Crippen molar-refractivity contribution in [3.05, 3.63) is 0 Å². The monoisotopic (exact) mass is 239 g/mol. The lowest BCUT2D eigenvalue weighted by molar-refractivity contribution is 0.148. The fourth-order valence-electron chi connectivity index (χ4n) is 3.50. The van der Waals surface area contributed by atoms with E-state index in [0.29, 0.717) is 12.1 Å². The maximum absolute atomic E-state index is 5.77. The van der Waals surface area contributed by atoms with Gasteiger partial charge in [0.15, 0.2) is 0 Å². The van der Waals surface area contributed by atoms with Gasteiger partial charge >= 0.3 is 0 Å². The zero-order valence-corrected chi connectivity index (χ0v) is 11.6. The van der Waals surface area contributed by atoms with Gasteiger partial charge in [-0.3, -0.25) is 9.80 Å². The van der Waals surface area contributed by atoms with E-state index in [-0.39, 0.29) is 0 Å². The Morgan fingerprint density at radius 3 is 2.53 bits per heavy atom. The summed E-state index contributed by atoms with van der Waals surface area (Å²) >= 11 is 0. The van der Waals surface area contributed by atoms with Crippen LogP contribution in [0.3, 0.4) is 0 Å². The Balaban J connectivity index is 1.99. The van der Waals surface area contributed by atoms with Crippen LogP contribution < -0.4 is 5.73 Å². The molecule has 0 aromatic carbocycles. The van der Waals surface area contributed by atoms with Crippen molar-refractivity contribution in [1.82, 2.24) is 9.80 Å². The maximum Gasteiger partial charge on any atom is 0.0235 e. The molecule has 0 radical (unpaired) electrons. The van der Waals surface area contributed by atoms with Gasteiger partial charge in [0.25, 0.3) is 0 Å². The van der Waals surface area contributed by atoms with Crippen LogP contribution in [0.2, 0.25) is 0 Å². The number of hydrogen-bond acceptors (Lipinski definition) is 3. The second kappa shape index (κ2) is 6.17. The average molecular weight is 239 g/mol. The quantitative estimate of drug-likeness (QED) is 0.813. The Morgan fingerprint density at radius 2 is 1.88 bits per heavy atom. The van der Waals surface area contributed by atoms with Crippen LogP contribution in [0.5, 0.6) is 0 Å². The summed E-state index contributed by atoms with van der Waals surface area (Å²) in [6.07, 6.45) is 8.18. The van der Waals surface area contributed by atoms with E-state index in [1.165, 1.54) is 45.2 Å². The summed E-state index contributed by atoms with van der Waals surface area (Å²) in [6.45, 7) is 5.71. The Hall–Kier alpha value is -0.120. The van der Waals surface area contributed by atoms with Gasteiger partial charge in [0, 0.05) is 24.7 Å². The molecule has 0 spiro atoms.